The first kappa shape index (κ1) is 16.6. The van der Waals surface area contributed by atoms with Crippen LogP contribution in [0, 0.1) is 0 Å². The van der Waals surface area contributed by atoms with Crippen LogP contribution in [-0.2, 0) is 6.54 Å². The summed E-state index contributed by atoms with van der Waals surface area (Å²) in [5.41, 5.74) is 0.133. The van der Waals surface area contributed by atoms with E-state index in [2.05, 4.69) is 20.3 Å². The molecule has 3 aromatic heterocycles. The second kappa shape index (κ2) is 7.20. The van der Waals surface area contributed by atoms with Crippen LogP contribution in [0.1, 0.15) is 10.6 Å². The average molecular weight is 361 g/mol. The molecule has 0 spiro atoms. The highest BCUT2D eigenvalue weighted by molar-refractivity contribution is 5.93. The lowest BCUT2D eigenvalue weighted by atomic mass is 10.2. The molecule has 8 heteroatoms. The Labute approximate surface area is 153 Å². The number of benzene rings is 1. The van der Waals surface area contributed by atoms with Gasteiger partial charge in [0.25, 0.3) is 5.91 Å². The number of nitrogens with one attached hydrogen (secondary N) is 1. The summed E-state index contributed by atoms with van der Waals surface area (Å²) in [4.78, 5) is 37.0. The molecule has 0 saturated carbocycles. The van der Waals surface area contributed by atoms with Gasteiger partial charge in [-0.3, -0.25) is 9.59 Å². The van der Waals surface area contributed by atoms with Gasteiger partial charge in [-0.15, -0.1) is 0 Å². The molecule has 0 radical (unpaired) electrons. The van der Waals surface area contributed by atoms with Crippen molar-refractivity contribution in [2.24, 2.45) is 0 Å². The van der Waals surface area contributed by atoms with Crippen molar-refractivity contribution >= 4 is 16.9 Å². The molecule has 0 atom stereocenters. The molecule has 0 aliphatic heterocycles. The largest absolute Gasteiger partial charge is 0.451 e. The molecule has 1 N–H and O–H groups in total. The number of aromatic nitrogens is 4. The zero-order chi connectivity index (χ0) is 18.6. The van der Waals surface area contributed by atoms with E-state index < -0.39 is 5.91 Å². The lowest BCUT2D eigenvalue weighted by Gasteiger charge is -2.08. The normalized spacial score (nSPS) is 10.8. The van der Waals surface area contributed by atoms with E-state index in [-0.39, 0.29) is 11.2 Å². The molecular weight excluding hydrogens is 346 g/mol. The number of rotatable bonds is 5. The first-order valence-electron chi connectivity index (χ1n) is 8.32. The van der Waals surface area contributed by atoms with Crippen LogP contribution in [0.25, 0.3) is 22.6 Å². The topological polar surface area (TPSA) is 103 Å². The van der Waals surface area contributed by atoms with Crippen molar-refractivity contribution in [2.45, 2.75) is 6.54 Å². The van der Waals surface area contributed by atoms with Gasteiger partial charge in [0, 0.05) is 43.9 Å². The third-order valence-corrected chi connectivity index (χ3v) is 3.98. The van der Waals surface area contributed by atoms with Crippen LogP contribution in [0.4, 0.5) is 0 Å². The van der Waals surface area contributed by atoms with E-state index in [0.29, 0.717) is 35.7 Å². The second-order valence-electron chi connectivity index (χ2n) is 5.74. The monoisotopic (exact) mass is 361 g/mol. The fourth-order valence-corrected chi connectivity index (χ4v) is 2.70. The van der Waals surface area contributed by atoms with Crippen molar-refractivity contribution in [3.63, 3.8) is 0 Å². The Balaban J connectivity index is 1.45. The summed E-state index contributed by atoms with van der Waals surface area (Å²) in [7, 11) is 0. The molecular formula is C19H15N5O3. The summed E-state index contributed by atoms with van der Waals surface area (Å²) >= 11 is 0. The van der Waals surface area contributed by atoms with Gasteiger partial charge < -0.3 is 14.3 Å². The fraction of sp³-hybridized carbons (Fsp3) is 0.105. The maximum Gasteiger partial charge on any atom is 0.287 e. The Bertz CT molecular complexity index is 1150. The molecule has 0 unspecified atom stereocenters. The van der Waals surface area contributed by atoms with Crippen molar-refractivity contribution in [3.8, 4) is 11.6 Å². The number of fused-ring (bicyclic) bond motifs is 1. The molecule has 1 aromatic carbocycles. The van der Waals surface area contributed by atoms with Crippen LogP contribution in [0.2, 0.25) is 0 Å². The molecule has 0 aliphatic rings. The number of hydrogen-bond acceptors (Lipinski definition) is 6. The SMILES string of the molecule is O=C(NCCn1ccnc1-c1ncccn1)c1cc(=O)c2ccccc2o1. The maximum absolute atomic E-state index is 12.3. The molecule has 0 fully saturated rings. The van der Waals surface area contributed by atoms with Crippen LogP contribution in [0.3, 0.4) is 0 Å². The summed E-state index contributed by atoms with van der Waals surface area (Å²) in [5.74, 6) is 0.655. The molecule has 27 heavy (non-hydrogen) atoms. The summed E-state index contributed by atoms with van der Waals surface area (Å²) in [6.07, 6.45) is 6.72. The van der Waals surface area contributed by atoms with Gasteiger partial charge in [-0.2, -0.15) is 0 Å². The fourth-order valence-electron chi connectivity index (χ4n) is 2.70. The first-order chi connectivity index (χ1) is 13.2. The molecule has 1 amide bonds. The minimum Gasteiger partial charge on any atom is -0.451 e. The zero-order valence-electron chi connectivity index (χ0n) is 14.2. The standard InChI is InChI=1S/C19H15N5O3/c25-14-12-16(27-15-5-2-1-4-13(14)15)19(26)23-9-11-24-10-8-22-18(24)17-20-6-3-7-21-17/h1-8,10,12H,9,11H2,(H,23,26). The molecule has 0 saturated heterocycles. The second-order valence-corrected chi connectivity index (χ2v) is 5.74. The van der Waals surface area contributed by atoms with E-state index in [1.165, 1.54) is 6.07 Å². The molecule has 0 aliphatic carbocycles. The smallest absolute Gasteiger partial charge is 0.287 e. The minimum atomic E-state index is -0.449. The number of amides is 1. The predicted octanol–water partition coefficient (Wildman–Crippen LogP) is 1.88. The predicted molar refractivity (Wildman–Crippen MR) is 98.1 cm³/mol. The quantitative estimate of drug-likeness (QED) is 0.582. The van der Waals surface area contributed by atoms with Gasteiger partial charge in [-0.05, 0) is 18.2 Å². The van der Waals surface area contributed by atoms with Gasteiger partial charge in [0.15, 0.2) is 22.8 Å². The lowest BCUT2D eigenvalue weighted by molar-refractivity contribution is 0.0925. The van der Waals surface area contributed by atoms with E-state index >= 15 is 0 Å². The molecule has 134 valence electrons. The summed E-state index contributed by atoms with van der Waals surface area (Å²) < 4.78 is 7.37. The van der Waals surface area contributed by atoms with Crippen molar-refractivity contribution in [3.05, 3.63) is 77.2 Å². The Kier molecular flexibility index (Phi) is 4.44. The van der Waals surface area contributed by atoms with Crippen molar-refractivity contribution < 1.29 is 9.21 Å². The third kappa shape index (κ3) is 3.45. The van der Waals surface area contributed by atoms with E-state index in [1.807, 2.05) is 4.57 Å². The maximum atomic E-state index is 12.3. The number of imidazole rings is 1. The highest BCUT2D eigenvalue weighted by atomic mass is 16.3. The van der Waals surface area contributed by atoms with Crippen LogP contribution in [-0.4, -0.2) is 32.0 Å². The average Bonchev–Trinajstić information content (AvgIpc) is 3.17. The molecule has 4 aromatic rings. The zero-order valence-corrected chi connectivity index (χ0v) is 14.2. The number of nitrogens with zero attached hydrogens (tertiary/aromatic N) is 4. The summed E-state index contributed by atoms with van der Waals surface area (Å²) in [6, 6.07) is 9.75. The van der Waals surface area contributed by atoms with Crippen molar-refractivity contribution in [2.75, 3.05) is 6.54 Å². The van der Waals surface area contributed by atoms with Crippen molar-refractivity contribution in [1.82, 2.24) is 24.8 Å². The van der Waals surface area contributed by atoms with Gasteiger partial charge in [-0.1, -0.05) is 12.1 Å². The van der Waals surface area contributed by atoms with Gasteiger partial charge in [-0.25, -0.2) is 15.0 Å². The van der Waals surface area contributed by atoms with Gasteiger partial charge in [0.05, 0.1) is 5.39 Å². The van der Waals surface area contributed by atoms with E-state index in [4.69, 9.17) is 4.42 Å². The van der Waals surface area contributed by atoms with E-state index in [9.17, 15) is 9.59 Å². The van der Waals surface area contributed by atoms with Crippen molar-refractivity contribution in [1.29, 1.82) is 0 Å². The highest BCUT2D eigenvalue weighted by Crippen LogP contribution is 2.12. The molecule has 3 heterocycles. The number of carbonyl (C=O) groups is 1. The lowest BCUT2D eigenvalue weighted by Crippen LogP contribution is -2.28. The number of para-hydroxylation sites is 1. The van der Waals surface area contributed by atoms with Crippen LogP contribution < -0.4 is 10.7 Å². The third-order valence-electron chi connectivity index (χ3n) is 3.98. The Morgan fingerprint density at radius 1 is 1.07 bits per heavy atom. The van der Waals surface area contributed by atoms with E-state index in [0.717, 1.165) is 0 Å². The van der Waals surface area contributed by atoms with Gasteiger partial charge in [0.2, 0.25) is 0 Å². The summed E-state index contributed by atoms with van der Waals surface area (Å²) in [6.45, 7) is 0.794. The van der Waals surface area contributed by atoms with Gasteiger partial charge >= 0.3 is 0 Å². The van der Waals surface area contributed by atoms with Crippen LogP contribution >= 0.6 is 0 Å². The Hall–Kier alpha value is -3.81. The Morgan fingerprint density at radius 3 is 2.74 bits per heavy atom. The number of carbonyl (C=O) groups excluding carboxylic acids is 1. The molecule has 8 nitrogen and oxygen atoms in total. The summed E-state index contributed by atoms with van der Waals surface area (Å²) in [5, 5.41) is 3.19. The first-order valence-corrected chi connectivity index (χ1v) is 8.32. The van der Waals surface area contributed by atoms with E-state index in [1.54, 1.807) is 55.1 Å². The molecule has 0 bridgehead atoms. The van der Waals surface area contributed by atoms with Gasteiger partial charge in [0.1, 0.15) is 5.58 Å². The minimum absolute atomic E-state index is 0.0176. The highest BCUT2D eigenvalue weighted by Gasteiger charge is 2.13. The van der Waals surface area contributed by atoms with Crippen LogP contribution in [0.15, 0.2) is 70.4 Å². The molecule has 4 rings (SSSR count). The number of hydrogen-bond donors (Lipinski definition) is 1. The Morgan fingerprint density at radius 2 is 1.89 bits per heavy atom. The van der Waals surface area contributed by atoms with Crippen LogP contribution in [0.5, 0.6) is 0 Å².